The molecule has 4 heteroatoms. The number of nitrogens with zero attached hydrogens (tertiary/aromatic N) is 3. The first-order valence-electron chi connectivity index (χ1n) is 7.76. The molecule has 1 aromatic heterocycles. The summed E-state index contributed by atoms with van der Waals surface area (Å²) >= 11 is 0. The van der Waals surface area contributed by atoms with Crippen molar-refractivity contribution < 1.29 is 0 Å². The van der Waals surface area contributed by atoms with Gasteiger partial charge in [0.25, 0.3) is 0 Å². The van der Waals surface area contributed by atoms with E-state index in [0.29, 0.717) is 0 Å². The molecule has 1 unspecified atom stereocenters. The Hall–Kier alpha value is -0.870. The molecule has 0 saturated carbocycles. The minimum atomic E-state index is 0.821. The maximum absolute atomic E-state index is 4.36. The fourth-order valence-corrected chi connectivity index (χ4v) is 2.86. The molecule has 0 aromatic carbocycles. The molecule has 0 radical (unpaired) electrons. The highest BCUT2D eigenvalue weighted by atomic mass is 15.3. The first-order chi connectivity index (χ1) is 9.31. The molecular formula is C15H28N4. The SMILES string of the molecule is CCCNCC1CCCN(Cc2cnn(CC)c2)C1. The van der Waals surface area contributed by atoms with Crippen LogP contribution in [0.2, 0.25) is 0 Å². The summed E-state index contributed by atoms with van der Waals surface area (Å²) in [6.07, 6.45) is 8.13. The van der Waals surface area contributed by atoms with E-state index in [1.807, 2.05) is 10.9 Å². The van der Waals surface area contributed by atoms with Crippen molar-refractivity contribution >= 4 is 0 Å². The lowest BCUT2D eigenvalue weighted by Crippen LogP contribution is -2.39. The van der Waals surface area contributed by atoms with E-state index in [0.717, 1.165) is 25.6 Å². The van der Waals surface area contributed by atoms with Crippen LogP contribution >= 0.6 is 0 Å². The second kappa shape index (κ2) is 7.65. The summed E-state index contributed by atoms with van der Waals surface area (Å²) in [7, 11) is 0. The number of nitrogens with one attached hydrogen (secondary N) is 1. The summed E-state index contributed by atoms with van der Waals surface area (Å²) in [5.74, 6) is 0.821. The van der Waals surface area contributed by atoms with Crippen LogP contribution in [0.4, 0.5) is 0 Å². The molecule has 1 saturated heterocycles. The van der Waals surface area contributed by atoms with Gasteiger partial charge in [-0.15, -0.1) is 0 Å². The maximum Gasteiger partial charge on any atom is 0.0534 e. The molecule has 19 heavy (non-hydrogen) atoms. The molecule has 1 atom stereocenters. The number of likely N-dealkylation sites (tertiary alicyclic amines) is 1. The monoisotopic (exact) mass is 264 g/mol. The van der Waals surface area contributed by atoms with Crippen molar-refractivity contribution in [2.75, 3.05) is 26.2 Å². The van der Waals surface area contributed by atoms with E-state index in [1.54, 1.807) is 0 Å². The Kier molecular flexibility index (Phi) is 5.86. The summed E-state index contributed by atoms with van der Waals surface area (Å²) in [6.45, 7) is 11.2. The zero-order valence-electron chi connectivity index (χ0n) is 12.4. The predicted molar refractivity (Wildman–Crippen MR) is 79.1 cm³/mol. The topological polar surface area (TPSA) is 33.1 Å². The number of hydrogen-bond donors (Lipinski definition) is 1. The minimum Gasteiger partial charge on any atom is -0.316 e. The smallest absolute Gasteiger partial charge is 0.0534 e. The lowest BCUT2D eigenvalue weighted by Gasteiger charge is -2.32. The van der Waals surface area contributed by atoms with Gasteiger partial charge in [0.05, 0.1) is 6.20 Å². The average Bonchev–Trinajstić information content (AvgIpc) is 2.87. The highest BCUT2D eigenvalue weighted by Gasteiger charge is 2.19. The van der Waals surface area contributed by atoms with E-state index in [-0.39, 0.29) is 0 Å². The molecule has 0 bridgehead atoms. The summed E-state index contributed by atoms with van der Waals surface area (Å²) in [4.78, 5) is 2.58. The number of aromatic nitrogens is 2. The van der Waals surface area contributed by atoms with Crippen molar-refractivity contribution in [3.8, 4) is 0 Å². The molecule has 0 aliphatic carbocycles. The lowest BCUT2D eigenvalue weighted by atomic mass is 9.97. The molecule has 2 rings (SSSR count). The maximum atomic E-state index is 4.36. The number of aryl methyl sites for hydroxylation is 1. The fraction of sp³-hybridized carbons (Fsp3) is 0.800. The van der Waals surface area contributed by atoms with Gasteiger partial charge < -0.3 is 5.32 Å². The van der Waals surface area contributed by atoms with Gasteiger partial charge in [-0.05, 0) is 51.7 Å². The normalized spacial score (nSPS) is 20.8. The van der Waals surface area contributed by atoms with Crippen molar-refractivity contribution in [3.63, 3.8) is 0 Å². The fourth-order valence-electron chi connectivity index (χ4n) is 2.86. The highest BCUT2D eigenvalue weighted by Crippen LogP contribution is 2.17. The van der Waals surface area contributed by atoms with Crippen molar-refractivity contribution in [1.82, 2.24) is 20.0 Å². The van der Waals surface area contributed by atoms with E-state index in [1.165, 1.54) is 44.5 Å². The number of hydrogen-bond acceptors (Lipinski definition) is 3. The number of piperidine rings is 1. The zero-order chi connectivity index (χ0) is 13.5. The van der Waals surface area contributed by atoms with E-state index in [9.17, 15) is 0 Å². The second-order valence-corrected chi connectivity index (χ2v) is 5.65. The van der Waals surface area contributed by atoms with E-state index >= 15 is 0 Å². The van der Waals surface area contributed by atoms with Crippen LogP contribution in [-0.2, 0) is 13.1 Å². The van der Waals surface area contributed by atoms with Crippen molar-refractivity contribution in [3.05, 3.63) is 18.0 Å². The van der Waals surface area contributed by atoms with E-state index in [2.05, 4.69) is 35.4 Å². The van der Waals surface area contributed by atoms with Gasteiger partial charge in [0.15, 0.2) is 0 Å². The molecule has 0 amide bonds. The van der Waals surface area contributed by atoms with Crippen LogP contribution < -0.4 is 5.32 Å². The Bertz CT molecular complexity index is 361. The zero-order valence-corrected chi connectivity index (χ0v) is 12.4. The highest BCUT2D eigenvalue weighted by molar-refractivity contribution is 5.03. The lowest BCUT2D eigenvalue weighted by molar-refractivity contribution is 0.165. The van der Waals surface area contributed by atoms with Gasteiger partial charge in [-0.25, -0.2) is 0 Å². The van der Waals surface area contributed by atoms with Gasteiger partial charge in [-0.1, -0.05) is 6.92 Å². The van der Waals surface area contributed by atoms with Crippen LogP contribution in [0, 0.1) is 5.92 Å². The van der Waals surface area contributed by atoms with Crippen LogP contribution in [0.3, 0.4) is 0 Å². The van der Waals surface area contributed by atoms with Gasteiger partial charge in [0, 0.05) is 31.4 Å². The molecular weight excluding hydrogens is 236 g/mol. The molecule has 108 valence electrons. The van der Waals surface area contributed by atoms with E-state index < -0.39 is 0 Å². The first-order valence-corrected chi connectivity index (χ1v) is 7.76. The van der Waals surface area contributed by atoms with Gasteiger partial charge in [0.1, 0.15) is 0 Å². The van der Waals surface area contributed by atoms with Crippen molar-refractivity contribution in [1.29, 1.82) is 0 Å². The number of rotatable bonds is 7. The van der Waals surface area contributed by atoms with Gasteiger partial charge >= 0.3 is 0 Å². The van der Waals surface area contributed by atoms with Crippen molar-refractivity contribution in [2.24, 2.45) is 5.92 Å². The van der Waals surface area contributed by atoms with Crippen LogP contribution in [0.5, 0.6) is 0 Å². The Morgan fingerprint density at radius 1 is 1.42 bits per heavy atom. The summed E-state index contributed by atoms with van der Waals surface area (Å²) in [5, 5.41) is 7.92. The first kappa shape index (κ1) is 14.5. The minimum absolute atomic E-state index is 0.821. The third-order valence-corrected chi connectivity index (χ3v) is 3.88. The average molecular weight is 264 g/mol. The Labute approximate surface area is 117 Å². The predicted octanol–water partition coefficient (Wildman–Crippen LogP) is 2.11. The summed E-state index contributed by atoms with van der Waals surface area (Å²) in [6, 6.07) is 0. The molecule has 1 N–H and O–H groups in total. The summed E-state index contributed by atoms with van der Waals surface area (Å²) < 4.78 is 2.01. The molecule has 1 aliphatic heterocycles. The largest absolute Gasteiger partial charge is 0.316 e. The Balaban J connectivity index is 1.77. The third kappa shape index (κ3) is 4.62. The molecule has 4 nitrogen and oxygen atoms in total. The molecule has 1 fully saturated rings. The Morgan fingerprint density at radius 2 is 2.32 bits per heavy atom. The van der Waals surface area contributed by atoms with Crippen LogP contribution in [0.1, 0.15) is 38.7 Å². The van der Waals surface area contributed by atoms with E-state index in [4.69, 9.17) is 0 Å². The third-order valence-electron chi connectivity index (χ3n) is 3.88. The molecule has 0 spiro atoms. The molecule has 2 heterocycles. The van der Waals surface area contributed by atoms with Crippen molar-refractivity contribution in [2.45, 2.75) is 46.2 Å². The summed E-state index contributed by atoms with van der Waals surface area (Å²) in [5.41, 5.74) is 1.35. The van der Waals surface area contributed by atoms with Gasteiger partial charge in [-0.3, -0.25) is 9.58 Å². The van der Waals surface area contributed by atoms with Crippen LogP contribution in [0.25, 0.3) is 0 Å². The van der Waals surface area contributed by atoms with Crippen LogP contribution in [0.15, 0.2) is 12.4 Å². The molecule has 1 aliphatic rings. The standard InChI is InChI=1S/C15H28N4/c1-3-7-16-9-14-6-5-8-18(11-14)12-15-10-17-19(4-2)13-15/h10,13-14,16H,3-9,11-12H2,1-2H3. The molecule has 1 aromatic rings. The van der Waals surface area contributed by atoms with Gasteiger partial charge in [-0.2, -0.15) is 5.10 Å². The Morgan fingerprint density at radius 3 is 3.05 bits per heavy atom. The second-order valence-electron chi connectivity index (χ2n) is 5.65. The van der Waals surface area contributed by atoms with Gasteiger partial charge in [0.2, 0.25) is 0 Å². The van der Waals surface area contributed by atoms with Crippen LogP contribution in [-0.4, -0.2) is 40.9 Å². The quantitative estimate of drug-likeness (QED) is 0.766.